The van der Waals surface area contributed by atoms with Crippen molar-refractivity contribution in [3.05, 3.63) is 72.3 Å². The number of benzene rings is 2. The van der Waals surface area contributed by atoms with Crippen molar-refractivity contribution in [2.24, 2.45) is 5.10 Å². The van der Waals surface area contributed by atoms with Gasteiger partial charge in [0, 0.05) is 23.6 Å². The second-order valence-corrected chi connectivity index (χ2v) is 5.72. The van der Waals surface area contributed by atoms with Crippen LogP contribution >= 0.6 is 0 Å². The van der Waals surface area contributed by atoms with Crippen molar-refractivity contribution in [2.75, 3.05) is 6.79 Å². The molecule has 130 valence electrons. The monoisotopic (exact) mass is 348 g/mol. The van der Waals surface area contributed by atoms with Gasteiger partial charge in [-0.1, -0.05) is 12.1 Å². The lowest BCUT2D eigenvalue weighted by Crippen LogP contribution is -2.19. The van der Waals surface area contributed by atoms with Crippen LogP contribution < -0.4 is 14.9 Å². The lowest BCUT2D eigenvalue weighted by molar-refractivity contribution is 0.0954. The third-order valence-electron chi connectivity index (χ3n) is 4.05. The highest BCUT2D eigenvalue weighted by molar-refractivity contribution is 6.01. The number of rotatable bonds is 4. The van der Waals surface area contributed by atoms with Crippen LogP contribution in [0.25, 0.3) is 5.69 Å². The molecule has 1 amide bonds. The zero-order valence-corrected chi connectivity index (χ0v) is 14.0. The zero-order valence-electron chi connectivity index (χ0n) is 14.0. The maximum absolute atomic E-state index is 12.3. The summed E-state index contributed by atoms with van der Waals surface area (Å²) in [6, 6.07) is 12.9. The highest BCUT2D eigenvalue weighted by Gasteiger charge is 2.16. The van der Waals surface area contributed by atoms with E-state index in [-0.39, 0.29) is 12.7 Å². The molecule has 3 aromatic rings. The van der Waals surface area contributed by atoms with Crippen LogP contribution in [0.2, 0.25) is 0 Å². The SMILES string of the molecule is CC(=NNC(=O)c1ccc2c(c1)OCO2)c1ccc(-n2ccnc2)cc1. The van der Waals surface area contributed by atoms with Gasteiger partial charge in [0.05, 0.1) is 12.0 Å². The Morgan fingerprint density at radius 2 is 1.88 bits per heavy atom. The number of hydrazone groups is 1. The molecule has 0 atom stereocenters. The number of nitrogens with zero attached hydrogens (tertiary/aromatic N) is 3. The Balaban J connectivity index is 1.45. The fourth-order valence-corrected chi connectivity index (χ4v) is 2.59. The Morgan fingerprint density at radius 1 is 1.12 bits per heavy atom. The molecule has 0 saturated carbocycles. The first kappa shape index (κ1) is 15.9. The normalized spacial score (nSPS) is 12.9. The summed E-state index contributed by atoms with van der Waals surface area (Å²) in [4.78, 5) is 16.3. The van der Waals surface area contributed by atoms with E-state index in [4.69, 9.17) is 9.47 Å². The van der Waals surface area contributed by atoms with Crippen LogP contribution in [0.15, 0.2) is 66.3 Å². The average Bonchev–Trinajstić information content (AvgIpc) is 3.37. The van der Waals surface area contributed by atoms with Gasteiger partial charge in [0.2, 0.25) is 6.79 Å². The Hall–Kier alpha value is -3.61. The summed E-state index contributed by atoms with van der Waals surface area (Å²) in [5.74, 6) is 0.894. The molecule has 4 rings (SSSR count). The van der Waals surface area contributed by atoms with Gasteiger partial charge in [-0.25, -0.2) is 10.4 Å². The molecule has 0 unspecified atom stereocenters. The highest BCUT2D eigenvalue weighted by atomic mass is 16.7. The molecule has 1 N–H and O–H groups in total. The van der Waals surface area contributed by atoms with Crippen molar-refractivity contribution < 1.29 is 14.3 Å². The highest BCUT2D eigenvalue weighted by Crippen LogP contribution is 2.32. The first-order chi connectivity index (χ1) is 12.7. The quantitative estimate of drug-likeness (QED) is 0.581. The van der Waals surface area contributed by atoms with E-state index in [1.807, 2.05) is 42.0 Å². The summed E-state index contributed by atoms with van der Waals surface area (Å²) < 4.78 is 12.4. The molecule has 1 aromatic heterocycles. The lowest BCUT2D eigenvalue weighted by atomic mass is 10.1. The summed E-state index contributed by atoms with van der Waals surface area (Å²) in [5, 5.41) is 4.18. The van der Waals surface area contributed by atoms with E-state index in [1.54, 1.807) is 30.7 Å². The fraction of sp³-hybridized carbons (Fsp3) is 0.105. The maximum atomic E-state index is 12.3. The first-order valence-corrected chi connectivity index (χ1v) is 8.04. The number of carbonyl (C=O) groups is 1. The molecule has 0 radical (unpaired) electrons. The zero-order chi connectivity index (χ0) is 17.9. The Kier molecular flexibility index (Phi) is 4.10. The van der Waals surface area contributed by atoms with Gasteiger partial charge in [-0.2, -0.15) is 5.10 Å². The molecule has 0 saturated heterocycles. The summed E-state index contributed by atoms with van der Waals surface area (Å²) in [6.45, 7) is 2.01. The standard InChI is InChI=1S/C19H16N4O3/c1-13(14-2-5-16(6-3-14)23-9-8-20-11-23)21-22-19(24)15-4-7-17-18(10-15)26-12-25-17/h2-11H,12H2,1H3,(H,22,24). The van der Waals surface area contributed by atoms with Gasteiger partial charge in [-0.3, -0.25) is 4.79 Å². The molecule has 7 heteroatoms. The molecule has 0 spiro atoms. The second kappa shape index (κ2) is 6.72. The molecular weight excluding hydrogens is 332 g/mol. The van der Waals surface area contributed by atoms with E-state index in [1.165, 1.54) is 0 Å². The number of nitrogens with one attached hydrogen (secondary N) is 1. The Morgan fingerprint density at radius 3 is 2.65 bits per heavy atom. The molecule has 2 heterocycles. The summed E-state index contributed by atoms with van der Waals surface area (Å²) in [6.07, 6.45) is 5.34. The number of ether oxygens (including phenoxy) is 2. The van der Waals surface area contributed by atoms with E-state index >= 15 is 0 Å². The van der Waals surface area contributed by atoms with Crippen LogP contribution in [0, 0.1) is 0 Å². The second-order valence-electron chi connectivity index (χ2n) is 5.72. The van der Waals surface area contributed by atoms with Crippen LogP contribution in [0.3, 0.4) is 0 Å². The van der Waals surface area contributed by atoms with Gasteiger partial charge in [-0.05, 0) is 42.8 Å². The van der Waals surface area contributed by atoms with Gasteiger partial charge in [0.1, 0.15) is 0 Å². The van der Waals surface area contributed by atoms with Crippen molar-refractivity contribution in [3.63, 3.8) is 0 Å². The molecule has 1 aliphatic rings. The molecule has 2 aromatic carbocycles. The number of carbonyl (C=O) groups excluding carboxylic acids is 1. The Bertz CT molecular complexity index is 963. The van der Waals surface area contributed by atoms with E-state index in [9.17, 15) is 4.79 Å². The number of imidazole rings is 1. The van der Waals surface area contributed by atoms with Crippen LogP contribution in [0.5, 0.6) is 11.5 Å². The van der Waals surface area contributed by atoms with Crippen molar-refractivity contribution in [1.82, 2.24) is 15.0 Å². The van der Waals surface area contributed by atoms with Crippen molar-refractivity contribution in [2.45, 2.75) is 6.92 Å². The van der Waals surface area contributed by atoms with E-state index < -0.39 is 0 Å². The largest absolute Gasteiger partial charge is 0.454 e. The third-order valence-corrected chi connectivity index (χ3v) is 4.05. The topological polar surface area (TPSA) is 77.7 Å². The summed E-state index contributed by atoms with van der Waals surface area (Å²) in [5.41, 5.74) is 5.65. The first-order valence-electron chi connectivity index (χ1n) is 8.04. The molecule has 1 aliphatic heterocycles. The molecular formula is C19H16N4O3. The third kappa shape index (κ3) is 3.14. The van der Waals surface area contributed by atoms with Gasteiger partial charge in [0.25, 0.3) is 5.91 Å². The predicted octanol–water partition coefficient (Wildman–Crippen LogP) is 2.76. The van der Waals surface area contributed by atoms with Crippen LogP contribution in [0.4, 0.5) is 0 Å². The number of hydrogen-bond donors (Lipinski definition) is 1. The van der Waals surface area contributed by atoms with Gasteiger partial charge in [-0.15, -0.1) is 0 Å². The van der Waals surface area contributed by atoms with E-state index in [0.717, 1.165) is 11.3 Å². The molecule has 0 fully saturated rings. The number of amides is 1. The van der Waals surface area contributed by atoms with Crippen molar-refractivity contribution >= 4 is 11.6 Å². The minimum absolute atomic E-state index is 0.173. The smallest absolute Gasteiger partial charge is 0.271 e. The van der Waals surface area contributed by atoms with Crippen molar-refractivity contribution in [3.8, 4) is 17.2 Å². The lowest BCUT2D eigenvalue weighted by Gasteiger charge is -2.06. The fourth-order valence-electron chi connectivity index (χ4n) is 2.59. The summed E-state index contributed by atoms with van der Waals surface area (Å²) >= 11 is 0. The van der Waals surface area contributed by atoms with Crippen LogP contribution in [0.1, 0.15) is 22.8 Å². The van der Waals surface area contributed by atoms with Gasteiger partial charge < -0.3 is 14.0 Å². The minimum Gasteiger partial charge on any atom is -0.454 e. The van der Waals surface area contributed by atoms with Crippen molar-refractivity contribution in [1.29, 1.82) is 0 Å². The van der Waals surface area contributed by atoms with Crippen LogP contribution in [-0.2, 0) is 0 Å². The maximum Gasteiger partial charge on any atom is 0.271 e. The molecule has 0 bridgehead atoms. The number of fused-ring (bicyclic) bond motifs is 1. The minimum atomic E-state index is -0.308. The van der Waals surface area contributed by atoms with Gasteiger partial charge >= 0.3 is 0 Å². The molecule has 0 aliphatic carbocycles. The number of aromatic nitrogens is 2. The Labute approximate surface area is 149 Å². The average molecular weight is 348 g/mol. The predicted molar refractivity (Wildman–Crippen MR) is 95.8 cm³/mol. The molecule has 7 nitrogen and oxygen atoms in total. The van der Waals surface area contributed by atoms with E-state index in [0.29, 0.717) is 22.8 Å². The summed E-state index contributed by atoms with van der Waals surface area (Å²) in [7, 11) is 0. The molecule has 26 heavy (non-hydrogen) atoms. The van der Waals surface area contributed by atoms with E-state index in [2.05, 4.69) is 15.5 Å². The number of hydrogen-bond acceptors (Lipinski definition) is 5. The van der Waals surface area contributed by atoms with Gasteiger partial charge in [0.15, 0.2) is 11.5 Å². The van der Waals surface area contributed by atoms with Crippen LogP contribution in [-0.4, -0.2) is 28.0 Å².